The van der Waals surface area contributed by atoms with Crippen molar-refractivity contribution in [1.82, 2.24) is 0 Å². The maximum atomic E-state index is 6.58. The molecular formula is C28H54OSi. The van der Waals surface area contributed by atoms with E-state index >= 15 is 0 Å². The highest BCUT2D eigenvalue weighted by atomic mass is 28.2. The molecule has 0 saturated heterocycles. The fraction of sp³-hybridized carbons (Fsp3) is 0.929. The van der Waals surface area contributed by atoms with Gasteiger partial charge in [-0.1, -0.05) is 73.5 Å². The first-order chi connectivity index (χ1) is 14.2. The third-order valence-corrected chi connectivity index (χ3v) is 10.2. The van der Waals surface area contributed by atoms with Crippen LogP contribution in [0.4, 0.5) is 0 Å². The van der Waals surface area contributed by atoms with Gasteiger partial charge < -0.3 is 4.43 Å². The Labute approximate surface area is 192 Å². The van der Waals surface area contributed by atoms with Crippen LogP contribution in [0.15, 0.2) is 12.2 Å². The Morgan fingerprint density at radius 3 is 2.00 bits per heavy atom. The van der Waals surface area contributed by atoms with Crippen LogP contribution in [0.1, 0.15) is 119 Å². The van der Waals surface area contributed by atoms with E-state index < -0.39 is 0 Å². The predicted molar refractivity (Wildman–Crippen MR) is 137 cm³/mol. The normalized spacial score (nSPS) is 32.7. The van der Waals surface area contributed by atoms with Crippen LogP contribution < -0.4 is 0 Å². The van der Waals surface area contributed by atoms with Gasteiger partial charge >= 0.3 is 0 Å². The summed E-state index contributed by atoms with van der Waals surface area (Å²) in [6, 6.07) is 0. The van der Waals surface area contributed by atoms with Gasteiger partial charge in [-0.25, -0.2) is 0 Å². The molecule has 2 rings (SSSR count). The lowest BCUT2D eigenvalue weighted by molar-refractivity contribution is -0.180. The Bertz CT molecular complexity index is 507. The Morgan fingerprint density at radius 2 is 1.50 bits per heavy atom. The molecule has 2 fully saturated rings. The van der Waals surface area contributed by atoms with Gasteiger partial charge in [0, 0.05) is 5.41 Å². The first kappa shape index (κ1) is 26.2. The standard InChI is InChI=1S/C28H54OSi/c1-8-11-24-14-16-25(17-15-24)12-9-10-13-26-18-19-28(29-30,23(6)7)27(20-26,21(2)3)22(4)5/h9,12,21-26H,8,10-11,13-20H2,1-7,30H3/t24-,25-,26?,28?. The summed E-state index contributed by atoms with van der Waals surface area (Å²) in [7, 11) is 0.852. The van der Waals surface area contributed by atoms with E-state index in [2.05, 4.69) is 60.6 Å². The highest BCUT2D eigenvalue weighted by molar-refractivity contribution is 5.98. The van der Waals surface area contributed by atoms with Crippen LogP contribution in [0.5, 0.6) is 0 Å². The van der Waals surface area contributed by atoms with Gasteiger partial charge in [-0.15, -0.1) is 0 Å². The maximum absolute atomic E-state index is 6.58. The van der Waals surface area contributed by atoms with E-state index in [1.807, 2.05) is 0 Å². The maximum Gasteiger partial charge on any atom is 0.146 e. The van der Waals surface area contributed by atoms with E-state index in [4.69, 9.17) is 4.43 Å². The highest BCUT2D eigenvalue weighted by Crippen LogP contribution is 2.60. The molecule has 0 aromatic carbocycles. The second-order valence-corrected chi connectivity index (χ2v) is 12.2. The summed E-state index contributed by atoms with van der Waals surface area (Å²) in [6.45, 7) is 17.0. The highest BCUT2D eigenvalue weighted by Gasteiger charge is 2.58. The van der Waals surface area contributed by atoms with Crippen LogP contribution in [-0.2, 0) is 4.43 Å². The first-order valence-electron chi connectivity index (χ1n) is 13.4. The van der Waals surface area contributed by atoms with Crippen LogP contribution in [-0.4, -0.2) is 16.1 Å². The van der Waals surface area contributed by atoms with Gasteiger partial charge in [-0.05, 0) is 93.3 Å². The van der Waals surface area contributed by atoms with Gasteiger partial charge in [0.25, 0.3) is 0 Å². The predicted octanol–water partition coefficient (Wildman–Crippen LogP) is 7.72. The quantitative estimate of drug-likeness (QED) is 0.252. The molecule has 2 aliphatic carbocycles. The summed E-state index contributed by atoms with van der Waals surface area (Å²) in [6.07, 6.45) is 20.4. The molecule has 0 aromatic heterocycles. The third-order valence-electron chi connectivity index (χ3n) is 9.43. The van der Waals surface area contributed by atoms with E-state index in [1.165, 1.54) is 70.6 Å². The minimum absolute atomic E-state index is 0.0883. The Morgan fingerprint density at radius 1 is 0.867 bits per heavy atom. The summed E-state index contributed by atoms with van der Waals surface area (Å²) < 4.78 is 6.58. The van der Waals surface area contributed by atoms with E-state index in [9.17, 15) is 0 Å². The summed E-state index contributed by atoms with van der Waals surface area (Å²) in [4.78, 5) is 0. The lowest BCUT2D eigenvalue weighted by Crippen LogP contribution is -2.62. The van der Waals surface area contributed by atoms with Crippen molar-refractivity contribution in [2.45, 2.75) is 125 Å². The molecule has 1 nitrogen and oxygen atoms in total. The minimum atomic E-state index is 0.0883. The molecule has 0 spiro atoms. The molecule has 2 atom stereocenters. The molecular weight excluding hydrogens is 380 g/mol. The lowest BCUT2D eigenvalue weighted by atomic mass is 9.48. The Balaban J connectivity index is 1.96. The fourth-order valence-corrected chi connectivity index (χ4v) is 8.87. The van der Waals surface area contributed by atoms with Crippen molar-refractivity contribution >= 4 is 10.5 Å². The number of rotatable bonds is 10. The summed E-state index contributed by atoms with van der Waals surface area (Å²) in [5.74, 6) is 4.69. The van der Waals surface area contributed by atoms with Gasteiger partial charge in [-0.3, -0.25) is 0 Å². The smallest absolute Gasteiger partial charge is 0.146 e. The van der Waals surface area contributed by atoms with E-state index in [0.29, 0.717) is 23.2 Å². The number of hydrogen-bond acceptors (Lipinski definition) is 1. The lowest BCUT2D eigenvalue weighted by Gasteiger charge is -2.62. The van der Waals surface area contributed by atoms with E-state index in [-0.39, 0.29) is 5.60 Å². The molecule has 176 valence electrons. The van der Waals surface area contributed by atoms with Gasteiger partial charge in [0.15, 0.2) is 0 Å². The molecule has 0 aromatic rings. The molecule has 0 radical (unpaired) electrons. The fourth-order valence-electron chi connectivity index (χ4n) is 7.82. The second kappa shape index (κ2) is 11.7. The van der Waals surface area contributed by atoms with Gasteiger partial charge in [-0.2, -0.15) is 0 Å². The molecule has 2 saturated carbocycles. The van der Waals surface area contributed by atoms with Gasteiger partial charge in [0.2, 0.25) is 0 Å². The van der Waals surface area contributed by atoms with Crippen molar-refractivity contribution in [2.75, 3.05) is 0 Å². The van der Waals surface area contributed by atoms with Crippen molar-refractivity contribution in [3.63, 3.8) is 0 Å². The summed E-state index contributed by atoms with van der Waals surface area (Å²) >= 11 is 0. The van der Waals surface area contributed by atoms with E-state index in [1.54, 1.807) is 0 Å². The van der Waals surface area contributed by atoms with Crippen LogP contribution in [0, 0.1) is 40.9 Å². The molecule has 0 bridgehead atoms. The van der Waals surface area contributed by atoms with Crippen molar-refractivity contribution < 1.29 is 4.43 Å². The van der Waals surface area contributed by atoms with Gasteiger partial charge in [0.05, 0.1) is 5.60 Å². The Kier molecular flexibility index (Phi) is 10.2. The number of hydrogen-bond donors (Lipinski definition) is 0. The Hall–Kier alpha value is -0.0831. The number of allylic oxidation sites excluding steroid dienone is 2. The van der Waals surface area contributed by atoms with Crippen LogP contribution in [0.25, 0.3) is 0 Å². The summed E-state index contributed by atoms with van der Waals surface area (Å²) in [5, 5.41) is 0. The molecule has 2 heteroatoms. The minimum Gasteiger partial charge on any atom is -0.422 e. The zero-order valence-corrected chi connectivity index (χ0v) is 23.8. The molecule has 2 aliphatic rings. The van der Waals surface area contributed by atoms with Crippen molar-refractivity contribution in [1.29, 1.82) is 0 Å². The molecule has 30 heavy (non-hydrogen) atoms. The SMILES string of the molecule is CCC[C@H]1CC[C@H](C=CCCC2CCC(O[SiH3])(C(C)C)C(C(C)C)(C(C)C)C2)CC1. The van der Waals surface area contributed by atoms with E-state index in [0.717, 1.165) is 28.2 Å². The molecule has 0 N–H and O–H groups in total. The van der Waals surface area contributed by atoms with Crippen molar-refractivity contribution in [3.8, 4) is 0 Å². The monoisotopic (exact) mass is 434 g/mol. The molecule has 0 amide bonds. The first-order valence-corrected chi connectivity index (χ1v) is 14.3. The third kappa shape index (κ3) is 5.45. The molecule has 0 heterocycles. The van der Waals surface area contributed by atoms with Crippen molar-refractivity contribution in [3.05, 3.63) is 12.2 Å². The molecule has 2 unspecified atom stereocenters. The average molecular weight is 435 g/mol. The zero-order valence-electron chi connectivity index (χ0n) is 21.8. The molecule has 0 aliphatic heterocycles. The van der Waals surface area contributed by atoms with Crippen LogP contribution in [0.2, 0.25) is 0 Å². The van der Waals surface area contributed by atoms with Crippen LogP contribution >= 0.6 is 0 Å². The largest absolute Gasteiger partial charge is 0.422 e. The summed E-state index contributed by atoms with van der Waals surface area (Å²) in [5.41, 5.74) is 0.401. The van der Waals surface area contributed by atoms with Gasteiger partial charge in [0.1, 0.15) is 10.5 Å². The second-order valence-electron chi connectivity index (χ2n) is 11.8. The topological polar surface area (TPSA) is 9.23 Å². The average Bonchev–Trinajstić information content (AvgIpc) is 2.71. The van der Waals surface area contributed by atoms with Crippen molar-refractivity contribution in [2.24, 2.45) is 40.9 Å². The van der Waals surface area contributed by atoms with Crippen LogP contribution in [0.3, 0.4) is 0 Å². The zero-order chi connectivity index (χ0) is 22.4.